The minimum atomic E-state index is -5.08. The van der Waals surface area contributed by atoms with Gasteiger partial charge in [-0.05, 0) is 30.3 Å². The van der Waals surface area contributed by atoms with Gasteiger partial charge in [0.15, 0.2) is 11.5 Å². The summed E-state index contributed by atoms with van der Waals surface area (Å²) in [4.78, 5) is 25.9. The molecule has 180 valence electrons. The molecular formula is C22H21F3N4O5. The Morgan fingerprint density at radius 1 is 1.06 bits per heavy atom. The van der Waals surface area contributed by atoms with E-state index in [1.807, 2.05) is 41.4 Å². The van der Waals surface area contributed by atoms with Gasteiger partial charge in [0, 0.05) is 37.3 Å². The maximum atomic E-state index is 12.8. The molecule has 0 radical (unpaired) electrons. The van der Waals surface area contributed by atoms with E-state index in [0.29, 0.717) is 24.6 Å². The monoisotopic (exact) mass is 478 g/mol. The first-order chi connectivity index (χ1) is 16.2. The van der Waals surface area contributed by atoms with Crippen LogP contribution in [0.25, 0.3) is 10.9 Å². The van der Waals surface area contributed by atoms with Crippen LogP contribution in [0.5, 0.6) is 11.5 Å². The largest absolute Gasteiger partial charge is 0.490 e. The minimum Gasteiger partial charge on any atom is -0.485 e. The van der Waals surface area contributed by atoms with Gasteiger partial charge in [0.1, 0.15) is 6.61 Å². The Kier molecular flexibility index (Phi) is 6.48. The van der Waals surface area contributed by atoms with Crippen molar-refractivity contribution in [1.82, 2.24) is 15.1 Å². The molecule has 1 amide bonds. The number of carboxylic acid groups (broad SMARTS) is 1. The van der Waals surface area contributed by atoms with Crippen LogP contribution < -0.4 is 14.4 Å². The van der Waals surface area contributed by atoms with Crippen LogP contribution in [0.4, 0.5) is 18.9 Å². The third-order valence-electron chi connectivity index (χ3n) is 5.41. The third-order valence-corrected chi connectivity index (χ3v) is 5.41. The Bertz CT molecular complexity index is 1170. The molecule has 2 aliphatic rings. The van der Waals surface area contributed by atoms with Crippen molar-refractivity contribution in [3.8, 4) is 11.5 Å². The average molecular weight is 478 g/mol. The zero-order chi connectivity index (χ0) is 24.3. The highest BCUT2D eigenvalue weighted by atomic mass is 19.4. The number of piperazine rings is 1. The van der Waals surface area contributed by atoms with Crippen LogP contribution in [0.3, 0.4) is 0 Å². The maximum absolute atomic E-state index is 12.8. The lowest BCUT2D eigenvalue weighted by atomic mass is 10.2. The van der Waals surface area contributed by atoms with Gasteiger partial charge < -0.3 is 24.4 Å². The second-order valence-electron chi connectivity index (χ2n) is 7.62. The zero-order valence-electron chi connectivity index (χ0n) is 17.8. The number of fused-ring (bicyclic) bond motifs is 2. The van der Waals surface area contributed by atoms with Crippen molar-refractivity contribution in [2.24, 2.45) is 0 Å². The van der Waals surface area contributed by atoms with Crippen molar-refractivity contribution in [2.45, 2.75) is 12.3 Å². The summed E-state index contributed by atoms with van der Waals surface area (Å²) < 4.78 is 43.3. The van der Waals surface area contributed by atoms with Crippen molar-refractivity contribution in [3.63, 3.8) is 0 Å². The van der Waals surface area contributed by atoms with E-state index in [4.69, 9.17) is 19.4 Å². The van der Waals surface area contributed by atoms with E-state index in [1.54, 1.807) is 0 Å². The number of carboxylic acids is 1. The highest BCUT2D eigenvalue weighted by Crippen LogP contribution is 2.31. The van der Waals surface area contributed by atoms with E-state index in [-0.39, 0.29) is 12.5 Å². The van der Waals surface area contributed by atoms with Crippen LogP contribution in [0, 0.1) is 0 Å². The third kappa shape index (κ3) is 5.16. The van der Waals surface area contributed by atoms with E-state index >= 15 is 0 Å². The van der Waals surface area contributed by atoms with Gasteiger partial charge in [0.25, 0.3) is 5.91 Å². The first-order valence-electron chi connectivity index (χ1n) is 10.4. The summed E-state index contributed by atoms with van der Waals surface area (Å²) in [6, 6.07) is 13.7. The van der Waals surface area contributed by atoms with Crippen LogP contribution in [0.1, 0.15) is 0 Å². The van der Waals surface area contributed by atoms with E-state index in [2.05, 4.69) is 27.2 Å². The molecule has 0 saturated carbocycles. The highest BCUT2D eigenvalue weighted by Gasteiger charge is 2.38. The first kappa shape index (κ1) is 23.2. The molecule has 2 N–H and O–H groups in total. The van der Waals surface area contributed by atoms with Gasteiger partial charge in [0.2, 0.25) is 6.10 Å². The number of rotatable bonds is 2. The number of nitrogens with zero attached hydrogens (tertiary/aromatic N) is 3. The van der Waals surface area contributed by atoms with Gasteiger partial charge in [0.05, 0.1) is 11.7 Å². The van der Waals surface area contributed by atoms with Gasteiger partial charge in [-0.25, -0.2) is 4.79 Å². The topological polar surface area (TPSA) is 108 Å². The Morgan fingerprint density at radius 2 is 1.74 bits per heavy atom. The van der Waals surface area contributed by atoms with Crippen molar-refractivity contribution in [2.75, 3.05) is 37.7 Å². The number of carbonyl (C=O) groups is 2. The van der Waals surface area contributed by atoms with Crippen LogP contribution in [0.2, 0.25) is 0 Å². The predicted molar refractivity (Wildman–Crippen MR) is 115 cm³/mol. The zero-order valence-corrected chi connectivity index (χ0v) is 17.8. The number of alkyl halides is 3. The average Bonchev–Trinajstić information content (AvgIpc) is 3.31. The molecule has 0 spiro atoms. The first-order valence-corrected chi connectivity index (χ1v) is 10.4. The lowest BCUT2D eigenvalue weighted by Gasteiger charge is -2.38. The molecule has 1 fully saturated rings. The fourth-order valence-corrected chi connectivity index (χ4v) is 3.66. The van der Waals surface area contributed by atoms with Gasteiger partial charge in [-0.2, -0.15) is 18.3 Å². The summed E-state index contributed by atoms with van der Waals surface area (Å²) in [5.41, 5.74) is 2.18. The number of nitrogens with one attached hydrogen (secondary N) is 1. The van der Waals surface area contributed by atoms with E-state index in [1.165, 1.54) is 0 Å². The Morgan fingerprint density at radius 3 is 2.41 bits per heavy atom. The molecule has 12 heteroatoms. The summed E-state index contributed by atoms with van der Waals surface area (Å²) in [7, 11) is 0. The second kappa shape index (κ2) is 9.49. The second-order valence-corrected chi connectivity index (χ2v) is 7.62. The number of para-hydroxylation sites is 2. The minimum absolute atomic E-state index is 0.00515. The number of anilines is 1. The number of carbonyl (C=O) groups excluding carboxylic acids is 1. The Balaban J connectivity index is 0.000000344. The summed E-state index contributed by atoms with van der Waals surface area (Å²) in [6.45, 7) is 3.18. The fraction of sp³-hybridized carbons (Fsp3) is 0.318. The lowest BCUT2D eigenvalue weighted by molar-refractivity contribution is -0.192. The number of aromatic amines is 1. The SMILES string of the molecule is O=C(C1COc2ccccc2O1)N1CCN(c2ccc3[nH]ncc3c2)CC1.O=C(O)C(F)(F)F. The van der Waals surface area contributed by atoms with Gasteiger partial charge in [-0.15, -0.1) is 0 Å². The van der Waals surface area contributed by atoms with Crippen LogP contribution >= 0.6 is 0 Å². The van der Waals surface area contributed by atoms with Crippen molar-refractivity contribution < 1.29 is 37.3 Å². The molecular weight excluding hydrogens is 457 g/mol. The van der Waals surface area contributed by atoms with Crippen LogP contribution in [-0.4, -0.2) is 77.1 Å². The maximum Gasteiger partial charge on any atom is 0.490 e. The van der Waals surface area contributed by atoms with Crippen molar-refractivity contribution in [3.05, 3.63) is 48.7 Å². The quantitative estimate of drug-likeness (QED) is 0.583. The van der Waals surface area contributed by atoms with Gasteiger partial charge >= 0.3 is 12.1 Å². The lowest BCUT2D eigenvalue weighted by Crippen LogP contribution is -2.54. The van der Waals surface area contributed by atoms with Gasteiger partial charge in [-0.3, -0.25) is 9.89 Å². The standard InChI is InChI=1S/C20H20N4O3.C2HF3O2/c25-20(19-13-26-17-3-1-2-4-18(17)27-19)24-9-7-23(8-10-24)15-5-6-16-14(11-15)12-21-22-16;3-2(4,5)1(6)7/h1-6,11-12,19H,7-10,13H2,(H,21,22);(H,6,7). The van der Waals surface area contributed by atoms with E-state index < -0.39 is 18.2 Å². The number of hydrogen-bond donors (Lipinski definition) is 2. The number of aromatic nitrogens is 2. The molecule has 2 aromatic carbocycles. The fourth-order valence-electron chi connectivity index (χ4n) is 3.66. The number of halogens is 3. The van der Waals surface area contributed by atoms with E-state index in [0.717, 1.165) is 29.7 Å². The van der Waals surface area contributed by atoms with Crippen molar-refractivity contribution >= 4 is 28.5 Å². The molecule has 2 aliphatic heterocycles. The number of ether oxygens (including phenoxy) is 2. The number of aliphatic carboxylic acids is 1. The molecule has 34 heavy (non-hydrogen) atoms. The Labute approximate surface area is 191 Å². The van der Waals surface area contributed by atoms with Crippen molar-refractivity contribution in [1.29, 1.82) is 0 Å². The summed E-state index contributed by atoms with van der Waals surface area (Å²) in [6.07, 6.45) is -3.83. The van der Waals surface area contributed by atoms with Gasteiger partial charge in [-0.1, -0.05) is 12.1 Å². The molecule has 0 bridgehead atoms. The molecule has 9 nitrogen and oxygen atoms in total. The summed E-state index contributed by atoms with van der Waals surface area (Å²) in [5, 5.41) is 15.3. The molecule has 5 rings (SSSR count). The van der Waals surface area contributed by atoms with Crippen LogP contribution in [0.15, 0.2) is 48.7 Å². The molecule has 0 aliphatic carbocycles. The molecule has 1 aromatic heterocycles. The predicted octanol–water partition coefficient (Wildman–Crippen LogP) is 2.68. The summed E-state index contributed by atoms with van der Waals surface area (Å²) >= 11 is 0. The van der Waals surface area contributed by atoms with E-state index in [9.17, 15) is 18.0 Å². The number of amides is 1. The normalized spacial score (nSPS) is 17.7. The molecule has 1 unspecified atom stereocenters. The summed E-state index contributed by atoms with van der Waals surface area (Å²) in [5.74, 6) is -1.43. The smallest absolute Gasteiger partial charge is 0.485 e. The molecule has 1 saturated heterocycles. The Hall–Kier alpha value is -3.96. The molecule has 3 aromatic rings. The number of H-pyrrole nitrogens is 1. The highest BCUT2D eigenvalue weighted by molar-refractivity contribution is 5.83. The number of hydrogen-bond acceptors (Lipinski definition) is 6. The molecule has 3 heterocycles. The van der Waals surface area contributed by atoms with Crippen LogP contribution in [-0.2, 0) is 9.59 Å². The molecule has 1 atom stereocenters. The number of benzene rings is 2.